The quantitative estimate of drug-likeness (QED) is 0.890. The van der Waals surface area contributed by atoms with Gasteiger partial charge in [0.05, 0.1) is 17.8 Å². The molecule has 1 saturated heterocycles. The maximum atomic E-state index is 12.8. The number of hydrogen-bond acceptors (Lipinski definition) is 3. The van der Waals surface area contributed by atoms with Gasteiger partial charge in [-0.15, -0.1) is 0 Å². The number of carboxylic acid groups (broad SMARTS) is 1. The molecule has 6 nitrogen and oxygen atoms in total. The molecular formula is C19H22ClN3O3. The molecule has 0 spiro atoms. The zero-order valence-corrected chi connectivity index (χ0v) is 15.9. The number of likely N-dealkylation sites (tertiary alicyclic amines) is 1. The number of carboxylic acids is 1. The number of hydrogen-bond donors (Lipinski definition) is 1. The summed E-state index contributed by atoms with van der Waals surface area (Å²) >= 11 is 5.94. The van der Waals surface area contributed by atoms with Crippen molar-refractivity contribution >= 4 is 23.5 Å². The maximum Gasteiger partial charge on any atom is 0.329 e. The molecule has 1 atom stereocenters. The van der Waals surface area contributed by atoms with E-state index in [0.29, 0.717) is 24.4 Å². The Morgan fingerprint density at radius 3 is 2.54 bits per heavy atom. The van der Waals surface area contributed by atoms with Gasteiger partial charge in [0, 0.05) is 22.8 Å². The fourth-order valence-electron chi connectivity index (χ4n) is 3.60. The van der Waals surface area contributed by atoms with Gasteiger partial charge in [-0.2, -0.15) is 5.10 Å². The van der Waals surface area contributed by atoms with E-state index in [1.165, 1.54) is 4.90 Å². The van der Waals surface area contributed by atoms with Gasteiger partial charge in [-0.1, -0.05) is 11.6 Å². The van der Waals surface area contributed by atoms with Crippen LogP contribution in [0, 0.1) is 13.8 Å². The lowest BCUT2D eigenvalue weighted by Crippen LogP contribution is -2.51. The van der Waals surface area contributed by atoms with Crippen molar-refractivity contribution in [1.82, 2.24) is 14.7 Å². The monoisotopic (exact) mass is 375 g/mol. The lowest BCUT2D eigenvalue weighted by atomic mass is 9.98. The van der Waals surface area contributed by atoms with Gasteiger partial charge in [0.1, 0.15) is 5.54 Å². The van der Waals surface area contributed by atoms with Gasteiger partial charge >= 0.3 is 5.97 Å². The summed E-state index contributed by atoms with van der Waals surface area (Å²) < 4.78 is 1.79. The lowest BCUT2D eigenvalue weighted by Gasteiger charge is -2.31. The number of nitrogens with zero attached hydrogens (tertiary/aromatic N) is 3. The molecular weight excluding hydrogens is 354 g/mol. The van der Waals surface area contributed by atoms with Crippen LogP contribution >= 0.6 is 11.6 Å². The number of carbonyl (C=O) groups is 2. The minimum absolute atomic E-state index is 0.147. The van der Waals surface area contributed by atoms with Crippen LogP contribution in [-0.2, 0) is 16.0 Å². The molecule has 1 N–H and O–H groups in total. The number of aryl methyl sites for hydroxylation is 1. The number of carbonyl (C=O) groups excluding carboxylic acids is 1. The van der Waals surface area contributed by atoms with Gasteiger partial charge in [-0.25, -0.2) is 9.48 Å². The molecule has 1 fully saturated rings. The van der Waals surface area contributed by atoms with E-state index in [1.807, 2.05) is 26.0 Å². The average Bonchev–Trinajstić information content (AvgIpc) is 3.12. The summed E-state index contributed by atoms with van der Waals surface area (Å²) in [7, 11) is 0. The largest absolute Gasteiger partial charge is 0.480 e. The van der Waals surface area contributed by atoms with Gasteiger partial charge in [0.2, 0.25) is 5.91 Å². The molecule has 138 valence electrons. The van der Waals surface area contributed by atoms with E-state index in [2.05, 4.69) is 5.10 Å². The summed E-state index contributed by atoms with van der Waals surface area (Å²) in [6, 6.07) is 7.33. The number of rotatable bonds is 4. The van der Waals surface area contributed by atoms with E-state index in [9.17, 15) is 14.7 Å². The number of halogens is 1. The van der Waals surface area contributed by atoms with Crippen molar-refractivity contribution in [1.29, 1.82) is 0 Å². The molecule has 0 bridgehead atoms. The molecule has 1 amide bonds. The molecule has 3 rings (SSSR count). The van der Waals surface area contributed by atoms with Gasteiger partial charge in [-0.3, -0.25) is 4.79 Å². The summed E-state index contributed by atoms with van der Waals surface area (Å²) in [6.07, 6.45) is 1.33. The Labute approximate surface area is 157 Å². The van der Waals surface area contributed by atoms with E-state index in [0.717, 1.165) is 22.6 Å². The summed E-state index contributed by atoms with van der Waals surface area (Å²) in [5, 5.41) is 14.7. The SMILES string of the molecule is Cc1nn(-c2ccc(Cl)cc2)c(C)c1CC(=O)N1CCCC1(C)C(=O)O. The van der Waals surface area contributed by atoms with Crippen LogP contribution in [0.25, 0.3) is 5.69 Å². The normalized spacial score (nSPS) is 19.8. The lowest BCUT2D eigenvalue weighted by molar-refractivity contribution is -0.155. The van der Waals surface area contributed by atoms with Gasteiger partial charge < -0.3 is 10.0 Å². The highest BCUT2D eigenvalue weighted by molar-refractivity contribution is 6.30. The van der Waals surface area contributed by atoms with Crippen LogP contribution in [0.4, 0.5) is 0 Å². The van der Waals surface area contributed by atoms with Crippen molar-refractivity contribution in [3.63, 3.8) is 0 Å². The first-order chi connectivity index (χ1) is 12.2. The summed E-state index contributed by atoms with van der Waals surface area (Å²) in [5.41, 5.74) is 2.22. The van der Waals surface area contributed by atoms with Crippen LogP contribution in [0.1, 0.15) is 36.7 Å². The molecule has 26 heavy (non-hydrogen) atoms. The van der Waals surface area contributed by atoms with Crippen LogP contribution < -0.4 is 0 Å². The summed E-state index contributed by atoms with van der Waals surface area (Å²) in [5.74, 6) is -1.12. The molecule has 0 saturated carbocycles. The van der Waals surface area contributed by atoms with E-state index in [4.69, 9.17) is 11.6 Å². The Hall–Kier alpha value is -2.34. The number of benzene rings is 1. The van der Waals surface area contributed by atoms with Crippen molar-refractivity contribution in [2.24, 2.45) is 0 Å². The third kappa shape index (κ3) is 3.09. The molecule has 1 aliphatic rings. The smallest absolute Gasteiger partial charge is 0.329 e. The number of aromatic nitrogens is 2. The molecule has 0 radical (unpaired) electrons. The average molecular weight is 376 g/mol. The molecule has 1 aliphatic heterocycles. The molecule has 1 unspecified atom stereocenters. The fourth-order valence-corrected chi connectivity index (χ4v) is 3.72. The van der Waals surface area contributed by atoms with Crippen LogP contribution in [0.15, 0.2) is 24.3 Å². The first-order valence-electron chi connectivity index (χ1n) is 8.59. The van der Waals surface area contributed by atoms with Crippen LogP contribution in [0.5, 0.6) is 0 Å². The molecule has 2 heterocycles. The van der Waals surface area contributed by atoms with Crippen molar-refractivity contribution in [3.05, 3.63) is 46.2 Å². The molecule has 1 aromatic heterocycles. The van der Waals surface area contributed by atoms with Gasteiger partial charge in [0.25, 0.3) is 0 Å². The molecule has 7 heteroatoms. The second-order valence-corrected chi connectivity index (χ2v) is 7.38. The predicted octanol–water partition coefficient (Wildman–Crippen LogP) is 3.15. The Balaban J connectivity index is 1.88. The first kappa shape index (κ1) is 18.5. The van der Waals surface area contributed by atoms with E-state index in [-0.39, 0.29) is 12.3 Å². The van der Waals surface area contributed by atoms with Crippen molar-refractivity contribution in [2.45, 2.75) is 45.6 Å². The second kappa shape index (κ2) is 6.76. The Morgan fingerprint density at radius 1 is 1.27 bits per heavy atom. The number of aliphatic carboxylic acids is 1. The zero-order valence-electron chi connectivity index (χ0n) is 15.1. The summed E-state index contributed by atoms with van der Waals surface area (Å²) in [4.78, 5) is 26.0. The minimum atomic E-state index is -1.12. The second-order valence-electron chi connectivity index (χ2n) is 6.94. The highest BCUT2D eigenvalue weighted by Gasteiger charge is 2.45. The van der Waals surface area contributed by atoms with E-state index in [1.54, 1.807) is 23.7 Å². The molecule has 2 aromatic rings. The van der Waals surface area contributed by atoms with Crippen LogP contribution in [-0.4, -0.2) is 43.7 Å². The van der Waals surface area contributed by atoms with Crippen molar-refractivity contribution in [2.75, 3.05) is 6.54 Å². The van der Waals surface area contributed by atoms with E-state index < -0.39 is 11.5 Å². The Kier molecular flexibility index (Phi) is 4.80. The molecule has 1 aromatic carbocycles. The number of amides is 1. The minimum Gasteiger partial charge on any atom is -0.480 e. The molecule has 0 aliphatic carbocycles. The Morgan fingerprint density at radius 2 is 1.92 bits per heavy atom. The highest BCUT2D eigenvalue weighted by atomic mass is 35.5. The van der Waals surface area contributed by atoms with Crippen molar-refractivity contribution in [3.8, 4) is 5.69 Å². The van der Waals surface area contributed by atoms with Crippen LogP contribution in [0.3, 0.4) is 0 Å². The maximum absolute atomic E-state index is 12.8. The zero-order chi connectivity index (χ0) is 19.1. The third-order valence-electron chi connectivity index (χ3n) is 5.24. The van der Waals surface area contributed by atoms with E-state index >= 15 is 0 Å². The fraction of sp³-hybridized carbons (Fsp3) is 0.421. The summed E-state index contributed by atoms with van der Waals surface area (Å²) in [6.45, 7) is 5.88. The van der Waals surface area contributed by atoms with Crippen molar-refractivity contribution < 1.29 is 14.7 Å². The van der Waals surface area contributed by atoms with Crippen LogP contribution in [0.2, 0.25) is 5.02 Å². The standard InChI is InChI=1S/C19H22ClN3O3/c1-12-16(11-17(24)22-10-4-9-19(22,3)18(25)26)13(2)23(21-12)15-7-5-14(20)6-8-15/h5-8H,4,9-11H2,1-3H3,(H,25,26). The topological polar surface area (TPSA) is 75.4 Å². The predicted molar refractivity (Wildman–Crippen MR) is 98.7 cm³/mol. The first-order valence-corrected chi connectivity index (χ1v) is 8.97. The Bertz CT molecular complexity index is 860. The van der Waals surface area contributed by atoms with Gasteiger partial charge in [0.15, 0.2) is 0 Å². The van der Waals surface area contributed by atoms with Gasteiger partial charge in [-0.05, 0) is 57.9 Å². The highest BCUT2D eigenvalue weighted by Crippen LogP contribution is 2.30. The third-order valence-corrected chi connectivity index (χ3v) is 5.50.